The van der Waals surface area contributed by atoms with Crippen LogP contribution in [0.3, 0.4) is 0 Å². The van der Waals surface area contributed by atoms with Gasteiger partial charge in [0.05, 0.1) is 12.5 Å². The van der Waals surface area contributed by atoms with E-state index < -0.39 is 12.1 Å². The number of amides is 3. The van der Waals surface area contributed by atoms with Gasteiger partial charge in [0.2, 0.25) is 5.91 Å². The Labute approximate surface area is 131 Å². The molecule has 2 aromatic rings. The van der Waals surface area contributed by atoms with E-state index in [0.717, 1.165) is 4.88 Å². The van der Waals surface area contributed by atoms with E-state index in [1.807, 2.05) is 17.5 Å². The Bertz CT molecular complexity index is 673. The first kappa shape index (κ1) is 16.0. The zero-order chi connectivity index (χ0) is 16.1. The van der Waals surface area contributed by atoms with Crippen LogP contribution in [0.5, 0.6) is 0 Å². The molecule has 116 valence electrons. The summed E-state index contributed by atoms with van der Waals surface area (Å²) in [5, 5.41) is 7.12. The average Bonchev–Trinajstić information content (AvgIpc) is 2.95. The third kappa shape index (κ3) is 4.29. The Morgan fingerprint density at radius 3 is 2.73 bits per heavy atom. The highest BCUT2D eigenvalue weighted by Crippen LogP contribution is 2.23. The third-order valence-corrected chi connectivity index (χ3v) is 4.04. The molecule has 5 nitrogen and oxygen atoms in total. The van der Waals surface area contributed by atoms with Crippen LogP contribution in [0.25, 0.3) is 0 Å². The van der Waals surface area contributed by atoms with Gasteiger partial charge in [0.1, 0.15) is 5.82 Å². The highest BCUT2D eigenvalue weighted by molar-refractivity contribution is 7.10. The topological polar surface area (TPSA) is 84.2 Å². The van der Waals surface area contributed by atoms with Crippen LogP contribution in [0, 0.1) is 12.7 Å². The Morgan fingerprint density at radius 1 is 1.36 bits per heavy atom. The molecule has 0 bridgehead atoms. The van der Waals surface area contributed by atoms with E-state index in [9.17, 15) is 14.0 Å². The van der Waals surface area contributed by atoms with Gasteiger partial charge in [0.25, 0.3) is 0 Å². The summed E-state index contributed by atoms with van der Waals surface area (Å²) in [4.78, 5) is 24.1. The highest BCUT2D eigenvalue weighted by atomic mass is 32.1. The Kier molecular flexibility index (Phi) is 5.11. The van der Waals surface area contributed by atoms with Crippen LogP contribution in [0.2, 0.25) is 0 Å². The molecule has 7 heteroatoms. The first-order valence-corrected chi connectivity index (χ1v) is 7.49. The van der Waals surface area contributed by atoms with Crippen molar-refractivity contribution in [2.45, 2.75) is 19.4 Å². The number of anilines is 1. The summed E-state index contributed by atoms with van der Waals surface area (Å²) >= 11 is 1.43. The number of hydrogen-bond donors (Lipinski definition) is 3. The molecule has 0 spiro atoms. The van der Waals surface area contributed by atoms with Crippen LogP contribution >= 0.6 is 11.3 Å². The molecule has 3 amide bonds. The minimum atomic E-state index is -0.691. The number of thiophene rings is 1. The Morgan fingerprint density at radius 2 is 2.14 bits per heavy atom. The molecule has 1 heterocycles. The van der Waals surface area contributed by atoms with E-state index in [-0.39, 0.29) is 18.1 Å². The molecule has 0 aliphatic rings. The summed E-state index contributed by atoms with van der Waals surface area (Å²) in [6, 6.07) is 6.60. The largest absolute Gasteiger partial charge is 0.352 e. The molecular weight excluding hydrogens is 305 g/mol. The lowest BCUT2D eigenvalue weighted by molar-refractivity contribution is -0.116. The maximum atomic E-state index is 13.1. The van der Waals surface area contributed by atoms with E-state index in [4.69, 9.17) is 5.73 Å². The van der Waals surface area contributed by atoms with Crippen molar-refractivity contribution in [1.29, 1.82) is 0 Å². The molecule has 1 aromatic carbocycles. The van der Waals surface area contributed by atoms with Crippen molar-refractivity contribution in [1.82, 2.24) is 5.32 Å². The number of nitrogens with two attached hydrogens (primary N) is 1. The second-order valence-corrected chi connectivity index (χ2v) is 5.77. The van der Waals surface area contributed by atoms with E-state index in [1.165, 1.54) is 29.5 Å². The van der Waals surface area contributed by atoms with Crippen molar-refractivity contribution in [2.75, 3.05) is 5.32 Å². The molecule has 0 unspecified atom stereocenters. The Hall–Kier alpha value is -2.41. The first-order valence-electron chi connectivity index (χ1n) is 6.61. The lowest BCUT2D eigenvalue weighted by Crippen LogP contribution is -2.34. The van der Waals surface area contributed by atoms with Crippen molar-refractivity contribution < 1.29 is 14.0 Å². The lowest BCUT2D eigenvalue weighted by atomic mass is 10.1. The number of carbonyl (C=O) groups excluding carboxylic acids is 2. The quantitative estimate of drug-likeness (QED) is 0.791. The summed E-state index contributed by atoms with van der Waals surface area (Å²) < 4.78 is 13.1. The maximum Gasteiger partial charge on any atom is 0.312 e. The number of carbonyl (C=O) groups is 2. The van der Waals surface area contributed by atoms with Crippen molar-refractivity contribution in [2.24, 2.45) is 5.73 Å². The standard InChI is InChI=1S/C15H16FN3O2S/c1-9-7-10(16)4-5-11(9)18-14(20)8-12(19-15(17)21)13-3-2-6-22-13/h2-7,12H,8H2,1H3,(H,18,20)(H3,17,19,21)/t12-/m1/s1. The SMILES string of the molecule is Cc1cc(F)ccc1NC(=O)C[C@@H](NC(N)=O)c1cccs1. The monoisotopic (exact) mass is 321 g/mol. The molecule has 0 aliphatic heterocycles. The van der Waals surface area contributed by atoms with Gasteiger partial charge < -0.3 is 16.4 Å². The summed E-state index contributed by atoms with van der Waals surface area (Å²) in [6.07, 6.45) is 0.0419. The van der Waals surface area contributed by atoms with Crippen molar-refractivity contribution in [3.63, 3.8) is 0 Å². The van der Waals surface area contributed by atoms with E-state index >= 15 is 0 Å². The summed E-state index contributed by atoms with van der Waals surface area (Å²) in [5.41, 5.74) is 6.32. The van der Waals surface area contributed by atoms with Gasteiger partial charge in [-0.25, -0.2) is 9.18 Å². The van der Waals surface area contributed by atoms with Crippen molar-refractivity contribution in [3.05, 3.63) is 52.0 Å². The molecule has 1 aromatic heterocycles. The van der Waals surface area contributed by atoms with Gasteiger partial charge in [0, 0.05) is 10.6 Å². The maximum absolute atomic E-state index is 13.1. The van der Waals surface area contributed by atoms with Gasteiger partial charge in [-0.15, -0.1) is 11.3 Å². The number of primary amides is 1. The molecular formula is C15H16FN3O2S. The number of aryl methyl sites for hydroxylation is 1. The predicted octanol–water partition coefficient (Wildman–Crippen LogP) is 2.93. The zero-order valence-electron chi connectivity index (χ0n) is 11.9. The Balaban J connectivity index is 2.06. The lowest BCUT2D eigenvalue weighted by Gasteiger charge is -2.16. The molecule has 1 atom stereocenters. The van der Waals surface area contributed by atoms with Crippen LogP contribution in [0.15, 0.2) is 35.7 Å². The number of rotatable bonds is 5. The minimum Gasteiger partial charge on any atom is -0.352 e. The normalized spacial score (nSPS) is 11.7. The van der Waals surface area contributed by atoms with Crippen LogP contribution in [-0.4, -0.2) is 11.9 Å². The van der Waals surface area contributed by atoms with Gasteiger partial charge >= 0.3 is 6.03 Å². The smallest absolute Gasteiger partial charge is 0.312 e. The van der Waals surface area contributed by atoms with Crippen molar-refractivity contribution in [3.8, 4) is 0 Å². The van der Waals surface area contributed by atoms with Crippen LogP contribution < -0.4 is 16.4 Å². The van der Waals surface area contributed by atoms with Crippen LogP contribution in [-0.2, 0) is 4.79 Å². The fraction of sp³-hybridized carbons (Fsp3) is 0.200. The molecule has 22 heavy (non-hydrogen) atoms. The molecule has 0 radical (unpaired) electrons. The third-order valence-electron chi connectivity index (χ3n) is 3.06. The number of halogens is 1. The second kappa shape index (κ2) is 7.04. The summed E-state index contributed by atoms with van der Waals surface area (Å²) in [6.45, 7) is 1.71. The molecule has 0 saturated heterocycles. The van der Waals surface area contributed by atoms with Gasteiger partial charge in [0.15, 0.2) is 0 Å². The fourth-order valence-corrected chi connectivity index (χ4v) is 2.82. The van der Waals surface area contributed by atoms with E-state index in [1.54, 1.807) is 6.92 Å². The molecule has 0 fully saturated rings. The number of urea groups is 1. The highest BCUT2D eigenvalue weighted by Gasteiger charge is 2.18. The van der Waals surface area contributed by atoms with E-state index in [2.05, 4.69) is 10.6 Å². The number of nitrogens with one attached hydrogen (secondary N) is 2. The van der Waals surface area contributed by atoms with Gasteiger partial charge in [-0.1, -0.05) is 6.07 Å². The average molecular weight is 321 g/mol. The van der Waals surface area contributed by atoms with Crippen molar-refractivity contribution >= 4 is 29.0 Å². The van der Waals surface area contributed by atoms with Crippen LogP contribution in [0.1, 0.15) is 22.9 Å². The molecule has 0 aliphatic carbocycles. The van der Waals surface area contributed by atoms with Gasteiger partial charge in [-0.3, -0.25) is 4.79 Å². The number of hydrogen-bond acceptors (Lipinski definition) is 3. The predicted molar refractivity (Wildman–Crippen MR) is 84.2 cm³/mol. The summed E-state index contributed by atoms with van der Waals surface area (Å²) in [7, 11) is 0. The van der Waals surface area contributed by atoms with Gasteiger partial charge in [-0.05, 0) is 42.1 Å². The van der Waals surface area contributed by atoms with Gasteiger partial charge in [-0.2, -0.15) is 0 Å². The second-order valence-electron chi connectivity index (χ2n) is 4.79. The molecule has 0 saturated carbocycles. The molecule has 2 rings (SSSR count). The fourth-order valence-electron chi connectivity index (χ4n) is 2.04. The van der Waals surface area contributed by atoms with Crippen LogP contribution in [0.4, 0.5) is 14.9 Å². The summed E-state index contributed by atoms with van der Waals surface area (Å²) in [5.74, 6) is -0.649. The molecule has 4 N–H and O–H groups in total. The zero-order valence-corrected chi connectivity index (χ0v) is 12.7. The number of benzene rings is 1. The van der Waals surface area contributed by atoms with E-state index in [0.29, 0.717) is 11.3 Å². The minimum absolute atomic E-state index is 0.0419. The first-order chi connectivity index (χ1) is 10.5.